The Morgan fingerprint density at radius 1 is 0.643 bits per heavy atom. The van der Waals surface area contributed by atoms with Gasteiger partial charge in [0.1, 0.15) is 6.61 Å². The average molecular weight is 804 g/mol. The Balaban J connectivity index is 4.45. The van der Waals surface area contributed by atoms with Gasteiger partial charge in [0.15, 0.2) is 6.10 Å². The normalized spacial score (nSPS) is 14.9. The smallest absolute Gasteiger partial charge is 0.462 e. The Morgan fingerprint density at radius 3 is 1.84 bits per heavy atom. The van der Waals surface area contributed by atoms with Crippen molar-refractivity contribution in [2.45, 2.75) is 148 Å². The Morgan fingerprint density at radius 2 is 1.20 bits per heavy atom. The number of hydrogen-bond acceptors (Lipinski definition) is 9. The summed E-state index contributed by atoms with van der Waals surface area (Å²) >= 11 is 0. The Labute approximate surface area is 339 Å². The minimum atomic E-state index is -4.42. The molecule has 0 aromatic rings. The van der Waals surface area contributed by atoms with E-state index in [1.807, 2.05) is 48.6 Å². The fourth-order valence-electron chi connectivity index (χ4n) is 4.94. The second kappa shape index (κ2) is 40.1. The molecule has 56 heavy (non-hydrogen) atoms. The standard InChI is InChI=1S/C45H74NO9P/c1-3-5-7-9-11-12-13-14-15-16-17-18-19-20-25-29-33-37-45(49)55-43(41-54-56(50,51)53-39-38-46)40-52-44(48)36-32-28-24-22-21-23-27-31-35-42(47)34-30-26-10-8-6-4-2/h6,8,14-15,17-18,20,22-27,30-31,35,42-43,47H,3-5,7,9-13,16,19,21,28-29,32-34,36-41,46H2,1-2H3,(H,50,51)/b8-6-,15-14-,18-17-,24-22-,25-20-,27-23-,30-26-,35-31+/t42?,43-/m1/s1. The number of unbranched alkanes of at least 4 members (excludes halogenated alkanes) is 8. The van der Waals surface area contributed by atoms with E-state index in [1.54, 1.807) is 6.08 Å². The van der Waals surface area contributed by atoms with Crippen molar-refractivity contribution < 1.29 is 42.7 Å². The molecule has 0 aromatic heterocycles. The van der Waals surface area contributed by atoms with Crippen LogP contribution in [0.3, 0.4) is 0 Å². The van der Waals surface area contributed by atoms with Crippen LogP contribution < -0.4 is 5.73 Å². The van der Waals surface area contributed by atoms with Gasteiger partial charge in [0.2, 0.25) is 0 Å². The third kappa shape index (κ3) is 39.1. The molecule has 0 radical (unpaired) electrons. The molecule has 0 fully saturated rings. The molecule has 0 heterocycles. The molecular formula is C45H74NO9P. The van der Waals surface area contributed by atoms with Gasteiger partial charge in [-0.25, -0.2) is 4.57 Å². The summed E-state index contributed by atoms with van der Waals surface area (Å²) in [7, 11) is -4.42. The van der Waals surface area contributed by atoms with E-state index < -0.39 is 38.6 Å². The van der Waals surface area contributed by atoms with Crippen LogP contribution in [0, 0.1) is 0 Å². The topological polar surface area (TPSA) is 155 Å². The van der Waals surface area contributed by atoms with Gasteiger partial charge in [-0.1, -0.05) is 143 Å². The first kappa shape index (κ1) is 52.9. The zero-order valence-corrected chi connectivity index (χ0v) is 35.3. The average Bonchev–Trinajstić information content (AvgIpc) is 3.18. The highest BCUT2D eigenvalue weighted by atomic mass is 31.2. The van der Waals surface area contributed by atoms with Crippen LogP contribution in [0.25, 0.3) is 0 Å². The number of esters is 2. The van der Waals surface area contributed by atoms with Crippen molar-refractivity contribution in [3.8, 4) is 0 Å². The summed E-state index contributed by atoms with van der Waals surface area (Å²) in [5.41, 5.74) is 5.33. The van der Waals surface area contributed by atoms with Crippen LogP contribution in [0.15, 0.2) is 97.2 Å². The quantitative estimate of drug-likeness (QED) is 0.0182. The van der Waals surface area contributed by atoms with Crippen molar-refractivity contribution in [3.63, 3.8) is 0 Å². The van der Waals surface area contributed by atoms with Crippen molar-refractivity contribution in [1.29, 1.82) is 0 Å². The maximum Gasteiger partial charge on any atom is 0.472 e. The number of carbonyl (C=O) groups is 2. The summed E-state index contributed by atoms with van der Waals surface area (Å²) in [6, 6.07) is 0. The Kier molecular flexibility index (Phi) is 37.9. The van der Waals surface area contributed by atoms with E-state index in [-0.39, 0.29) is 32.6 Å². The van der Waals surface area contributed by atoms with E-state index in [0.29, 0.717) is 32.1 Å². The van der Waals surface area contributed by atoms with Gasteiger partial charge in [-0.3, -0.25) is 18.6 Å². The first-order valence-electron chi connectivity index (χ1n) is 20.8. The van der Waals surface area contributed by atoms with Gasteiger partial charge >= 0.3 is 19.8 Å². The molecule has 0 rings (SSSR count). The first-order chi connectivity index (χ1) is 27.2. The lowest BCUT2D eigenvalue weighted by molar-refractivity contribution is -0.161. The van der Waals surface area contributed by atoms with E-state index in [1.165, 1.54) is 38.5 Å². The molecular weight excluding hydrogens is 729 g/mol. The maximum atomic E-state index is 12.5. The second-order valence-corrected chi connectivity index (χ2v) is 14.8. The number of aliphatic hydroxyl groups is 1. The maximum absolute atomic E-state index is 12.5. The molecule has 318 valence electrons. The van der Waals surface area contributed by atoms with Crippen LogP contribution in [-0.2, 0) is 32.7 Å². The van der Waals surface area contributed by atoms with Crippen molar-refractivity contribution in [3.05, 3.63) is 97.2 Å². The lowest BCUT2D eigenvalue weighted by Gasteiger charge is -2.19. The van der Waals surface area contributed by atoms with Gasteiger partial charge in [0.05, 0.1) is 19.3 Å². The molecule has 0 saturated carbocycles. The van der Waals surface area contributed by atoms with Gasteiger partial charge in [0, 0.05) is 19.4 Å². The summed E-state index contributed by atoms with van der Waals surface area (Å²) in [6.45, 7) is 3.36. The molecule has 0 aliphatic heterocycles. The fourth-order valence-corrected chi connectivity index (χ4v) is 5.71. The van der Waals surface area contributed by atoms with Crippen LogP contribution in [0.2, 0.25) is 0 Å². The highest BCUT2D eigenvalue weighted by Gasteiger charge is 2.25. The first-order valence-corrected chi connectivity index (χ1v) is 22.3. The van der Waals surface area contributed by atoms with Gasteiger partial charge < -0.3 is 25.2 Å². The number of rotatable bonds is 37. The minimum Gasteiger partial charge on any atom is -0.462 e. The Hall–Kier alpha value is -3.11. The highest BCUT2D eigenvalue weighted by Crippen LogP contribution is 2.43. The van der Waals surface area contributed by atoms with E-state index in [9.17, 15) is 24.2 Å². The van der Waals surface area contributed by atoms with E-state index in [2.05, 4.69) is 56.4 Å². The molecule has 10 nitrogen and oxygen atoms in total. The van der Waals surface area contributed by atoms with Crippen LogP contribution in [0.4, 0.5) is 0 Å². The van der Waals surface area contributed by atoms with Gasteiger partial charge in [-0.05, 0) is 77.0 Å². The minimum absolute atomic E-state index is 0.0236. The largest absolute Gasteiger partial charge is 0.472 e. The van der Waals surface area contributed by atoms with E-state index in [0.717, 1.165) is 38.5 Å². The summed E-state index contributed by atoms with van der Waals surface area (Å²) in [6.07, 6.45) is 47.7. The van der Waals surface area contributed by atoms with Crippen molar-refractivity contribution >= 4 is 19.8 Å². The van der Waals surface area contributed by atoms with Crippen LogP contribution in [0.5, 0.6) is 0 Å². The monoisotopic (exact) mass is 804 g/mol. The molecule has 0 bridgehead atoms. The predicted octanol–water partition coefficient (Wildman–Crippen LogP) is 10.8. The van der Waals surface area contributed by atoms with Crippen LogP contribution >= 0.6 is 7.82 Å². The molecule has 4 N–H and O–H groups in total. The molecule has 0 saturated heterocycles. The molecule has 0 amide bonds. The number of phosphoric ester groups is 1. The van der Waals surface area contributed by atoms with Crippen molar-refractivity contribution in [1.82, 2.24) is 0 Å². The fraction of sp³-hybridized carbons (Fsp3) is 0.600. The van der Waals surface area contributed by atoms with Crippen molar-refractivity contribution in [2.75, 3.05) is 26.4 Å². The third-order valence-corrected chi connectivity index (χ3v) is 9.02. The molecule has 0 aromatic carbocycles. The molecule has 0 aliphatic carbocycles. The van der Waals surface area contributed by atoms with E-state index in [4.69, 9.17) is 24.3 Å². The third-order valence-electron chi connectivity index (χ3n) is 8.03. The van der Waals surface area contributed by atoms with Gasteiger partial charge in [-0.15, -0.1) is 0 Å². The SMILES string of the molecule is CC/C=C\C/C=C\CC(O)/C=C/C=C\C/C=C\CCCC(=O)OC[C@H](COP(=O)(O)OCCN)OC(=O)CCC/C=C\C/C=C\C/C=C\CCCCCCCC. The molecule has 3 atom stereocenters. The Bertz CT molecular complexity index is 1250. The number of ether oxygens (including phenoxy) is 2. The summed E-state index contributed by atoms with van der Waals surface area (Å²) in [4.78, 5) is 34.8. The predicted molar refractivity (Wildman–Crippen MR) is 230 cm³/mol. The number of hydrogen-bond donors (Lipinski definition) is 3. The number of phosphoric acid groups is 1. The number of allylic oxidation sites excluding steroid dienone is 14. The lowest BCUT2D eigenvalue weighted by Crippen LogP contribution is -2.29. The zero-order valence-electron chi connectivity index (χ0n) is 34.4. The lowest BCUT2D eigenvalue weighted by atomic mass is 10.1. The summed E-state index contributed by atoms with van der Waals surface area (Å²) in [5.74, 6) is -1.01. The molecule has 11 heteroatoms. The highest BCUT2D eigenvalue weighted by molar-refractivity contribution is 7.47. The molecule has 0 spiro atoms. The van der Waals surface area contributed by atoms with E-state index >= 15 is 0 Å². The molecule has 0 aliphatic rings. The number of carbonyl (C=O) groups excluding carboxylic acids is 2. The van der Waals surface area contributed by atoms with Crippen LogP contribution in [0.1, 0.15) is 136 Å². The second-order valence-electron chi connectivity index (χ2n) is 13.3. The summed E-state index contributed by atoms with van der Waals surface area (Å²) < 4.78 is 32.6. The van der Waals surface area contributed by atoms with Gasteiger partial charge in [-0.2, -0.15) is 0 Å². The van der Waals surface area contributed by atoms with Crippen molar-refractivity contribution in [2.24, 2.45) is 5.73 Å². The van der Waals surface area contributed by atoms with Crippen LogP contribution in [-0.4, -0.2) is 60.5 Å². The number of nitrogens with two attached hydrogens (primary N) is 1. The van der Waals surface area contributed by atoms with Gasteiger partial charge in [0.25, 0.3) is 0 Å². The summed E-state index contributed by atoms with van der Waals surface area (Å²) in [5, 5.41) is 10.00. The molecule has 2 unspecified atom stereocenters. The zero-order chi connectivity index (χ0) is 41.2. The number of aliphatic hydroxyl groups excluding tert-OH is 1.